The summed E-state index contributed by atoms with van der Waals surface area (Å²) >= 11 is 0. The zero-order valence-electron chi connectivity index (χ0n) is 14.0. The van der Waals surface area contributed by atoms with E-state index in [-0.39, 0.29) is 5.92 Å². The van der Waals surface area contributed by atoms with Gasteiger partial charge >= 0.3 is 0 Å². The fourth-order valence-electron chi connectivity index (χ4n) is 2.93. The number of aromatic nitrogens is 3. The molecule has 0 N–H and O–H groups in total. The fourth-order valence-corrected chi connectivity index (χ4v) is 2.93. The third-order valence-electron chi connectivity index (χ3n) is 4.42. The lowest BCUT2D eigenvalue weighted by atomic mass is 9.96. The van der Waals surface area contributed by atoms with Gasteiger partial charge in [-0.05, 0) is 30.5 Å². The molecule has 0 fully saturated rings. The van der Waals surface area contributed by atoms with Crippen LogP contribution in [0.25, 0.3) is 22.1 Å². The van der Waals surface area contributed by atoms with Gasteiger partial charge in [-0.25, -0.2) is 0 Å². The van der Waals surface area contributed by atoms with E-state index in [1.165, 1.54) is 0 Å². The van der Waals surface area contributed by atoms with Crippen molar-refractivity contribution >= 4 is 22.1 Å². The van der Waals surface area contributed by atoms with E-state index in [1.54, 1.807) is 18.7 Å². The second-order valence-corrected chi connectivity index (χ2v) is 6.58. The first-order valence-electron chi connectivity index (χ1n) is 8.18. The Bertz CT molecular complexity index is 1000. The van der Waals surface area contributed by atoms with Crippen molar-refractivity contribution in [3.05, 3.63) is 53.9 Å². The number of hydrogen-bond donors (Lipinski definition) is 0. The number of pyridine rings is 1. The molecule has 0 aliphatic rings. The standard InChI is InChI=1S/C19H19N3O2/c1-11(2)16-8-15-14(10-24-19(15)22-21-16)6-12(3)17-7-13-4-5-23-18(13)9-20-17/h4-5,7-12H,6H2,1-3H3. The second-order valence-electron chi connectivity index (χ2n) is 6.58. The van der Waals surface area contributed by atoms with E-state index in [0.29, 0.717) is 11.6 Å². The lowest BCUT2D eigenvalue weighted by molar-refractivity contribution is 0.586. The van der Waals surface area contributed by atoms with Gasteiger partial charge in [-0.1, -0.05) is 20.8 Å². The summed E-state index contributed by atoms with van der Waals surface area (Å²) in [6.45, 7) is 6.40. The molecule has 4 aromatic rings. The molecule has 0 aliphatic heterocycles. The molecule has 0 bridgehead atoms. The summed E-state index contributed by atoms with van der Waals surface area (Å²) in [6.07, 6.45) is 6.11. The molecule has 1 atom stereocenters. The van der Waals surface area contributed by atoms with Gasteiger partial charge in [0.15, 0.2) is 5.58 Å². The van der Waals surface area contributed by atoms with Crippen molar-refractivity contribution in [1.82, 2.24) is 15.2 Å². The van der Waals surface area contributed by atoms with E-state index in [1.807, 2.05) is 6.07 Å². The lowest BCUT2D eigenvalue weighted by Gasteiger charge is -2.10. The maximum Gasteiger partial charge on any atom is 0.246 e. The largest absolute Gasteiger partial charge is 0.463 e. The van der Waals surface area contributed by atoms with Crippen molar-refractivity contribution in [3.63, 3.8) is 0 Å². The first kappa shape index (κ1) is 14.9. The summed E-state index contributed by atoms with van der Waals surface area (Å²) in [5, 5.41) is 10.5. The molecular formula is C19H19N3O2. The quantitative estimate of drug-likeness (QED) is 0.538. The first-order valence-corrected chi connectivity index (χ1v) is 8.18. The SMILES string of the molecule is CC(C)c1cc2c(CC(C)c3cc4ccoc4cn3)coc2nn1. The highest BCUT2D eigenvalue weighted by atomic mass is 16.3. The van der Waals surface area contributed by atoms with Crippen LogP contribution in [0.2, 0.25) is 0 Å². The van der Waals surface area contributed by atoms with E-state index >= 15 is 0 Å². The highest BCUT2D eigenvalue weighted by Crippen LogP contribution is 2.28. The molecule has 1 unspecified atom stereocenters. The Morgan fingerprint density at radius 2 is 1.92 bits per heavy atom. The number of fused-ring (bicyclic) bond motifs is 2. The minimum absolute atomic E-state index is 0.265. The Balaban J connectivity index is 1.66. The van der Waals surface area contributed by atoms with Crippen LogP contribution < -0.4 is 0 Å². The number of nitrogens with zero attached hydrogens (tertiary/aromatic N) is 3. The maximum absolute atomic E-state index is 5.57. The molecular weight excluding hydrogens is 302 g/mol. The van der Waals surface area contributed by atoms with Crippen LogP contribution in [-0.4, -0.2) is 15.2 Å². The highest BCUT2D eigenvalue weighted by Gasteiger charge is 2.16. The van der Waals surface area contributed by atoms with Gasteiger partial charge < -0.3 is 8.83 Å². The predicted octanol–water partition coefficient (Wildman–Crippen LogP) is 4.83. The summed E-state index contributed by atoms with van der Waals surface area (Å²) in [6, 6.07) is 6.14. The Morgan fingerprint density at radius 3 is 2.75 bits per heavy atom. The Morgan fingerprint density at radius 1 is 1.04 bits per heavy atom. The number of rotatable bonds is 4. The molecule has 4 heterocycles. The van der Waals surface area contributed by atoms with Gasteiger partial charge in [-0.15, -0.1) is 5.10 Å². The zero-order chi connectivity index (χ0) is 16.7. The average molecular weight is 321 g/mol. The van der Waals surface area contributed by atoms with E-state index in [0.717, 1.165) is 39.7 Å². The molecule has 0 radical (unpaired) electrons. The van der Waals surface area contributed by atoms with Crippen LogP contribution in [0, 0.1) is 0 Å². The van der Waals surface area contributed by atoms with Crippen LogP contribution in [-0.2, 0) is 6.42 Å². The molecule has 122 valence electrons. The third-order valence-corrected chi connectivity index (χ3v) is 4.42. The molecule has 4 rings (SSSR count). The number of furan rings is 2. The summed E-state index contributed by atoms with van der Waals surface area (Å²) < 4.78 is 10.9. The molecule has 0 spiro atoms. The fraction of sp³-hybridized carbons (Fsp3) is 0.316. The molecule has 4 aromatic heterocycles. The summed E-state index contributed by atoms with van der Waals surface area (Å²) in [5.41, 5.74) is 4.58. The Kier molecular flexibility index (Phi) is 3.56. The Labute approximate surface area is 139 Å². The van der Waals surface area contributed by atoms with Gasteiger partial charge in [0.2, 0.25) is 5.71 Å². The van der Waals surface area contributed by atoms with Crippen LogP contribution in [0.1, 0.15) is 49.6 Å². The highest BCUT2D eigenvalue weighted by molar-refractivity contribution is 5.78. The summed E-state index contributed by atoms with van der Waals surface area (Å²) in [5.74, 6) is 0.605. The topological polar surface area (TPSA) is 65.0 Å². The van der Waals surface area contributed by atoms with Gasteiger partial charge in [0, 0.05) is 27.9 Å². The van der Waals surface area contributed by atoms with Crippen molar-refractivity contribution in [2.24, 2.45) is 0 Å². The molecule has 0 amide bonds. The maximum atomic E-state index is 5.57. The average Bonchev–Trinajstić information content (AvgIpc) is 3.20. The van der Waals surface area contributed by atoms with Crippen LogP contribution >= 0.6 is 0 Å². The van der Waals surface area contributed by atoms with Crippen molar-refractivity contribution in [1.29, 1.82) is 0 Å². The normalized spacial score (nSPS) is 13.2. The predicted molar refractivity (Wildman–Crippen MR) is 92.0 cm³/mol. The summed E-state index contributed by atoms with van der Waals surface area (Å²) in [7, 11) is 0. The van der Waals surface area contributed by atoms with Crippen molar-refractivity contribution in [2.75, 3.05) is 0 Å². The molecule has 0 saturated heterocycles. The molecule has 0 aromatic carbocycles. The van der Waals surface area contributed by atoms with Gasteiger partial charge in [0.1, 0.15) is 0 Å². The smallest absolute Gasteiger partial charge is 0.246 e. The van der Waals surface area contributed by atoms with E-state index in [4.69, 9.17) is 8.83 Å². The van der Waals surface area contributed by atoms with Gasteiger partial charge in [0.05, 0.1) is 24.4 Å². The van der Waals surface area contributed by atoms with Crippen molar-refractivity contribution < 1.29 is 8.83 Å². The molecule has 24 heavy (non-hydrogen) atoms. The Hall–Kier alpha value is -2.69. The van der Waals surface area contributed by atoms with Crippen LogP contribution in [0.3, 0.4) is 0 Å². The van der Waals surface area contributed by atoms with Crippen LogP contribution in [0.4, 0.5) is 0 Å². The van der Waals surface area contributed by atoms with Gasteiger partial charge in [0.25, 0.3) is 0 Å². The molecule has 0 saturated carbocycles. The van der Waals surface area contributed by atoms with E-state index in [2.05, 4.69) is 48.1 Å². The number of hydrogen-bond acceptors (Lipinski definition) is 5. The minimum atomic E-state index is 0.265. The molecule has 5 heteroatoms. The third kappa shape index (κ3) is 2.56. The van der Waals surface area contributed by atoms with Crippen molar-refractivity contribution in [3.8, 4) is 0 Å². The van der Waals surface area contributed by atoms with Crippen molar-refractivity contribution in [2.45, 2.75) is 39.0 Å². The monoisotopic (exact) mass is 321 g/mol. The second kappa shape index (κ2) is 5.74. The first-order chi connectivity index (χ1) is 11.6. The van der Waals surface area contributed by atoms with Gasteiger partial charge in [-0.2, -0.15) is 5.10 Å². The molecule has 0 aliphatic carbocycles. The van der Waals surface area contributed by atoms with E-state index in [9.17, 15) is 0 Å². The lowest BCUT2D eigenvalue weighted by Crippen LogP contribution is -2.01. The minimum Gasteiger partial charge on any atom is -0.463 e. The van der Waals surface area contributed by atoms with Gasteiger partial charge in [-0.3, -0.25) is 4.98 Å². The van der Waals surface area contributed by atoms with Crippen LogP contribution in [0.15, 0.2) is 45.8 Å². The van der Waals surface area contributed by atoms with Crippen LogP contribution in [0.5, 0.6) is 0 Å². The zero-order valence-corrected chi connectivity index (χ0v) is 14.0. The van der Waals surface area contributed by atoms with E-state index < -0.39 is 0 Å². The molecule has 5 nitrogen and oxygen atoms in total. The summed E-state index contributed by atoms with van der Waals surface area (Å²) in [4.78, 5) is 4.53.